The SMILES string of the molecule is CC(C)N1[C]N(P(C(C)(C)C)C(C)(C)C)C=C1. The van der Waals surface area contributed by atoms with Crippen molar-refractivity contribution in [2.75, 3.05) is 0 Å². The van der Waals surface area contributed by atoms with Crippen LogP contribution in [-0.2, 0) is 0 Å². The normalized spacial score (nSPS) is 17.8. The van der Waals surface area contributed by atoms with Crippen LogP contribution in [0.3, 0.4) is 0 Å². The van der Waals surface area contributed by atoms with Crippen molar-refractivity contribution in [1.29, 1.82) is 0 Å². The van der Waals surface area contributed by atoms with Gasteiger partial charge in [0, 0.05) is 36.8 Å². The molecule has 0 aromatic rings. The predicted molar refractivity (Wildman–Crippen MR) is 77.6 cm³/mol. The first-order chi connectivity index (χ1) is 7.53. The summed E-state index contributed by atoms with van der Waals surface area (Å²) in [6, 6.07) is 0.480. The van der Waals surface area contributed by atoms with Crippen LogP contribution < -0.4 is 0 Å². The molecule has 17 heavy (non-hydrogen) atoms. The summed E-state index contributed by atoms with van der Waals surface area (Å²) >= 11 is 0. The lowest BCUT2D eigenvalue weighted by molar-refractivity contribution is 0.350. The molecule has 1 aliphatic heterocycles. The molecule has 1 heterocycles. The van der Waals surface area contributed by atoms with E-state index in [1.165, 1.54) is 0 Å². The molecule has 0 N–H and O–H groups in total. The van der Waals surface area contributed by atoms with Crippen molar-refractivity contribution in [3.05, 3.63) is 19.1 Å². The molecule has 0 unspecified atom stereocenters. The first-order valence-electron chi connectivity index (χ1n) is 6.36. The van der Waals surface area contributed by atoms with Gasteiger partial charge in [-0.25, -0.2) is 0 Å². The maximum Gasteiger partial charge on any atom is 0.211 e. The molecule has 0 aromatic heterocycles. The Morgan fingerprint density at radius 1 is 0.941 bits per heavy atom. The molecule has 1 rings (SSSR count). The summed E-state index contributed by atoms with van der Waals surface area (Å²) < 4.78 is 2.31. The molecular weight excluding hydrogens is 227 g/mol. The Balaban J connectivity index is 2.86. The van der Waals surface area contributed by atoms with E-state index in [0.717, 1.165) is 0 Å². The maximum absolute atomic E-state index is 3.49. The van der Waals surface area contributed by atoms with Gasteiger partial charge >= 0.3 is 0 Å². The Morgan fingerprint density at radius 2 is 1.41 bits per heavy atom. The second kappa shape index (κ2) is 4.80. The smallest absolute Gasteiger partial charge is 0.211 e. The summed E-state index contributed by atoms with van der Waals surface area (Å²) in [6.45, 7) is 21.9. The average molecular weight is 254 g/mol. The summed E-state index contributed by atoms with van der Waals surface area (Å²) in [5, 5.41) is 0.579. The first kappa shape index (κ1) is 14.8. The van der Waals surface area contributed by atoms with E-state index in [1.54, 1.807) is 0 Å². The van der Waals surface area contributed by atoms with Crippen LogP contribution in [0.2, 0.25) is 0 Å². The maximum atomic E-state index is 3.49. The lowest BCUT2D eigenvalue weighted by atomic mass is 10.2. The molecular formula is C14H27N2P. The van der Waals surface area contributed by atoms with Crippen molar-refractivity contribution in [3.8, 4) is 0 Å². The van der Waals surface area contributed by atoms with E-state index < -0.39 is 0 Å². The van der Waals surface area contributed by atoms with Crippen LogP contribution >= 0.6 is 8.07 Å². The fourth-order valence-electron chi connectivity index (χ4n) is 2.37. The molecule has 2 nitrogen and oxygen atoms in total. The van der Waals surface area contributed by atoms with Crippen molar-refractivity contribution >= 4 is 8.07 Å². The van der Waals surface area contributed by atoms with Gasteiger partial charge in [0.05, 0.1) is 0 Å². The van der Waals surface area contributed by atoms with Crippen molar-refractivity contribution in [2.24, 2.45) is 0 Å². The topological polar surface area (TPSA) is 6.48 Å². The molecule has 3 heteroatoms. The van der Waals surface area contributed by atoms with Crippen molar-refractivity contribution < 1.29 is 0 Å². The van der Waals surface area contributed by atoms with E-state index in [1.807, 2.05) is 0 Å². The third-order valence-corrected chi connectivity index (χ3v) is 5.82. The molecule has 0 aromatic carbocycles. The Hall–Kier alpha value is -0.230. The molecule has 0 spiro atoms. The van der Waals surface area contributed by atoms with Gasteiger partial charge in [-0.2, -0.15) is 0 Å². The van der Waals surface area contributed by atoms with Crippen LogP contribution in [-0.4, -0.2) is 25.9 Å². The zero-order valence-corrected chi connectivity index (χ0v) is 13.5. The van der Waals surface area contributed by atoms with E-state index in [4.69, 9.17) is 0 Å². The second-order valence-corrected chi connectivity index (χ2v) is 10.6. The van der Waals surface area contributed by atoms with Crippen molar-refractivity contribution in [2.45, 2.75) is 71.7 Å². The number of rotatable bonds is 2. The van der Waals surface area contributed by atoms with Gasteiger partial charge in [0.15, 0.2) is 0 Å². The molecule has 1 aliphatic rings. The third-order valence-electron chi connectivity index (χ3n) is 2.63. The molecule has 0 saturated carbocycles. The van der Waals surface area contributed by atoms with E-state index in [0.29, 0.717) is 6.04 Å². The van der Waals surface area contributed by atoms with Gasteiger partial charge in [-0.15, -0.1) is 0 Å². The first-order valence-corrected chi connectivity index (χ1v) is 7.65. The monoisotopic (exact) mass is 254 g/mol. The van der Waals surface area contributed by atoms with Gasteiger partial charge < -0.3 is 9.57 Å². The van der Waals surface area contributed by atoms with E-state index in [9.17, 15) is 0 Å². The lowest BCUT2D eigenvalue weighted by Crippen LogP contribution is -2.34. The van der Waals surface area contributed by atoms with Gasteiger partial charge in [-0.3, -0.25) is 0 Å². The minimum Gasteiger partial charge on any atom is -0.344 e. The molecule has 0 amide bonds. The quantitative estimate of drug-likeness (QED) is 0.671. The van der Waals surface area contributed by atoms with E-state index in [2.05, 4.69) is 84.0 Å². The highest BCUT2D eigenvalue weighted by atomic mass is 31.1. The number of hydrogen-bond acceptors (Lipinski definition) is 2. The predicted octanol–water partition coefficient (Wildman–Crippen LogP) is 4.47. The van der Waals surface area contributed by atoms with Crippen LogP contribution in [0.5, 0.6) is 0 Å². The molecule has 0 aliphatic carbocycles. The van der Waals surface area contributed by atoms with Gasteiger partial charge in [0.25, 0.3) is 0 Å². The van der Waals surface area contributed by atoms with Crippen molar-refractivity contribution in [3.63, 3.8) is 0 Å². The van der Waals surface area contributed by atoms with Gasteiger partial charge in [-0.1, -0.05) is 41.5 Å². The number of hydrogen-bond donors (Lipinski definition) is 0. The third kappa shape index (κ3) is 3.61. The van der Waals surface area contributed by atoms with Crippen LogP contribution in [0.25, 0.3) is 0 Å². The molecule has 0 saturated heterocycles. The Morgan fingerprint density at radius 3 is 1.71 bits per heavy atom. The fraction of sp³-hybridized carbons (Fsp3) is 0.786. The minimum atomic E-state index is -0.302. The molecule has 98 valence electrons. The molecule has 2 radical (unpaired) electrons. The molecule has 0 bridgehead atoms. The zero-order chi connectivity index (χ0) is 13.4. The molecule has 0 fully saturated rings. The number of nitrogens with zero attached hydrogens (tertiary/aromatic N) is 2. The summed E-state index contributed by atoms with van der Waals surface area (Å²) in [5.74, 6) is 0. The van der Waals surface area contributed by atoms with Gasteiger partial charge in [0.2, 0.25) is 6.67 Å². The van der Waals surface area contributed by atoms with Gasteiger partial charge in [-0.05, 0) is 13.8 Å². The van der Waals surface area contributed by atoms with Gasteiger partial charge in [0.1, 0.15) is 0 Å². The Labute approximate surface area is 109 Å². The highest BCUT2D eigenvalue weighted by Crippen LogP contribution is 2.63. The highest BCUT2D eigenvalue weighted by molar-refractivity contribution is 7.58. The lowest BCUT2D eigenvalue weighted by Gasteiger charge is -2.46. The summed E-state index contributed by atoms with van der Waals surface area (Å²) in [6.07, 6.45) is 4.32. The summed E-state index contributed by atoms with van der Waals surface area (Å²) in [7, 11) is -0.302. The van der Waals surface area contributed by atoms with E-state index >= 15 is 0 Å². The van der Waals surface area contributed by atoms with Crippen LogP contribution in [0.4, 0.5) is 0 Å². The minimum absolute atomic E-state index is 0.290. The largest absolute Gasteiger partial charge is 0.344 e. The van der Waals surface area contributed by atoms with E-state index in [-0.39, 0.29) is 18.4 Å². The summed E-state index contributed by atoms with van der Waals surface area (Å²) in [5.41, 5.74) is 0. The fourth-order valence-corrected chi connectivity index (χ4v) is 6.06. The Bertz CT molecular complexity index is 270. The van der Waals surface area contributed by atoms with Crippen molar-refractivity contribution in [1.82, 2.24) is 9.57 Å². The van der Waals surface area contributed by atoms with Crippen LogP contribution in [0.15, 0.2) is 12.4 Å². The Kier molecular flexibility index (Phi) is 4.19. The standard InChI is InChI=1S/C14H27N2P/c1-12(2)15-9-10-16(11-15)17(13(3,4)5)14(6,7)8/h9-10,12H,1-8H3. The summed E-state index contributed by atoms with van der Waals surface area (Å²) in [4.78, 5) is 2.16. The highest BCUT2D eigenvalue weighted by Gasteiger charge is 2.40. The molecule has 0 atom stereocenters. The van der Waals surface area contributed by atoms with Crippen LogP contribution in [0.1, 0.15) is 55.4 Å². The zero-order valence-electron chi connectivity index (χ0n) is 12.6. The van der Waals surface area contributed by atoms with Crippen LogP contribution in [0, 0.1) is 6.67 Å². The average Bonchev–Trinajstić information content (AvgIpc) is 2.46. The second-order valence-electron chi connectivity index (χ2n) is 6.90.